The first-order valence-electron chi connectivity index (χ1n) is 7.73. The number of aromatic nitrogens is 3. The smallest absolute Gasteiger partial charge is 0.317 e. The number of hydrogen-bond donors (Lipinski definition) is 1. The molecule has 0 radical (unpaired) electrons. The predicted octanol–water partition coefficient (Wildman–Crippen LogP) is 1.72. The third-order valence-electron chi connectivity index (χ3n) is 3.87. The molecule has 1 atom stereocenters. The van der Waals surface area contributed by atoms with Crippen molar-refractivity contribution in [3.05, 3.63) is 34.0 Å². The van der Waals surface area contributed by atoms with Crippen LogP contribution in [-0.2, 0) is 24.8 Å². The summed E-state index contributed by atoms with van der Waals surface area (Å²) < 4.78 is 7.54. The van der Waals surface area contributed by atoms with Crippen LogP contribution in [-0.4, -0.2) is 45.4 Å². The highest BCUT2D eigenvalue weighted by atomic mass is 32.1. The van der Waals surface area contributed by atoms with E-state index in [4.69, 9.17) is 4.74 Å². The number of carbonyl (C=O) groups excluding carboxylic acids is 1. The molecule has 1 saturated heterocycles. The zero-order chi connectivity index (χ0) is 16.2. The number of morpholine rings is 1. The molecule has 0 saturated carbocycles. The number of nitrogens with one attached hydrogen (secondary N) is 1. The van der Waals surface area contributed by atoms with E-state index >= 15 is 0 Å². The first-order valence-corrected chi connectivity index (χ1v) is 8.55. The van der Waals surface area contributed by atoms with Crippen LogP contribution in [0.15, 0.2) is 18.5 Å². The molecule has 1 aliphatic rings. The van der Waals surface area contributed by atoms with E-state index in [0.717, 1.165) is 12.2 Å². The third kappa shape index (κ3) is 3.70. The second-order valence-electron chi connectivity index (χ2n) is 5.49. The maximum Gasteiger partial charge on any atom is 0.317 e. The molecule has 0 spiro atoms. The molecule has 8 heteroatoms. The Balaban J connectivity index is 1.55. The average molecular weight is 335 g/mol. The maximum absolute atomic E-state index is 12.4. The van der Waals surface area contributed by atoms with Gasteiger partial charge >= 0.3 is 6.03 Å². The number of amides is 2. The monoisotopic (exact) mass is 335 g/mol. The van der Waals surface area contributed by atoms with Crippen molar-refractivity contribution in [3.8, 4) is 0 Å². The lowest BCUT2D eigenvalue weighted by atomic mass is 10.2. The van der Waals surface area contributed by atoms with E-state index in [1.807, 2.05) is 11.6 Å². The van der Waals surface area contributed by atoms with Crippen LogP contribution in [0.25, 0.3) is 0 Å². The minimum Gasteiger partial charge on any atom is -0.366 e. The summed E-state index contributed by atoms with van der Waals surface area (Å²) in [4.78, 5) is 16.7. The Bertz CT molecular complexity index is 668. The van der Waals surface area contributed by atoms with Crippen LogP contribution in [0.5, 0.6) is 0 Å². The molecule has 1 fully saturated rings. The van der Waals surface area contributed by atoms with Crippen LogP contribution >= 0.6 is 11.3 Å². The number of hydrogen-bond acceptors (Lipinski definition) is 5. The minimum atomic E-state index is -0.226. The van der Waals surface area contributed by atoms with E-state index in [-0.39, 0.29) is 12.1 Å². The SMILES string of the molecule is CCc1ccc(CNC(=O)N2CCO[C@@H](c3nncn3C)C2)s1. The summed E-state index contributed by atoms with van der Waals surface area (Å²) in [5.74, 6) is 0.744. The summed E-state index contributed by atoms with van der Waals surface area (Å²) in [5.41, 5.74) is 0. The van der Waals surface area contributed by atoms with Gasteiger partial charge in [-0.2, -0.15) is 0 Å². The summed E-state index contributed by atoms with van der Waals surface area (Å²) in [7, 11) is 1.87. The number of rotatable bonds is 4. The van der Waals surface area contributed by atoms with E-state index in [2.05, 4.69) is 34.6 Å². The molecule has 2 aromatic rings. The Morgan fingerprint density at radius 2 is 2.30 bits per heavy atom. The molecular weight excluding hydrogens is 314 g/mol. The number of thiophene rings is 1. The Labute approximate surface area is 139 Å². The second-order valence-corrected chi connectivity index (χ2v) is 6.74. The van der Waals surface area contributed by atoms with Crippen molar-refractivity contribution in [2.24, 2.45) is 7.05 Å². The highest BCUT2D eigenvalue weighted by molar-refractivity contribution is 7.11. The molecule has 2 amide bonds. The van der Waals surface area contributed by atoms with Gasteiger partial charge in [-0.15, -0.1) is 21.5 Å². The van der Waals surface area contributed by atoms with Gasteiger partial charge in [-0.1, -0.05) is 6.92 Å². The third-order valence-corrected chi connectivity index (χ3v) is 5.10. The number of carbonyl (C=O) groups is 1. The molecular formula is C15H21N5O2S. The topological polar surface area (TPSA) is 72.3 Å². The molecule has 2 aromatic heterocycles. The summed E-state index contributed by atoms with van der Waals surface area (Å²) in [6, 6.07) is 4.13. The Kier molecular flexibility index (Phi) is 4.92. The second kappa shape index (κ2) is 7.10. The number of urea groups is 1. The van der Waals surface area contributed by atoms with Crippen molar-refractivity contribution in [2.45, 2.75) is 26.0 Å². The molecule has 0 aromatic carbocycles. The van der Waals surface area contributed by atoms with Gasteiger partial charge in [-0.25, -0.2) is 4.79 Å². The molecule has 23 heavy (non-hydrogen) atoms. The molecule has 7 nitrogen and oxygen atoms in total. The van der Waals surface area contributed by atoms with E-state index in [1.165, 1.54) is 9.75 Å². The molecule has 0 aliphatic carbocycles. The van der Waals surface area contributed by atoms with Crippen LogP contribution in [0.3, 0.4) is 0 Å². The molecule has 3 rings (SSSR count). The van der Waals surface area contributed by atoms with Crippen molar-refractivity contribution in [1.29, 1.82) is 0 Å². The van der Waals surface area contributed by atoms with Crippen molar-refractivity contribution in [2.75, 3.05) is 19.7 Å². The lowest BCUT2D eigenvalue weighted by Crippen LogP contribution is -2.47. The van der Waals surface area contributed by atoms with Gasteiger partial charge in [-0.05, 0) is 18.6 Å². The first-order chi connectivity index (χ1) is 11.2. The largest absolute Gasteiger partial charge is 0.366 e. The molecule has 1 aliphatic heterocycles. The fraction of sp³-hybridized carbons (Fsp3) is 0.533. The maximum atomic E-state index is 12.4. The fourth-order valence-corrected chi connectivity index (χ4v) is 3.45. The fourth-order valence-electron chi connectivity index (χ4n) is 2.56. The van der Waals surface area contributed by atoms with Gasteiger partial charge in [0.05, 0.1) is 19.7 Å². The molecule has 0 bridgehead atoms. The lowest BCUT2D eigenvalue weighted by molar-refractivity contribution is -0.0214. The predicted molar refractivity (Wildman–Crippen MR) is 87.2 cm³/mol. The summed E-state index contributed by atoms with van der Waals surface area (Å²) in [6.45, 7) is 4.28. The minimum absolute atomic E-state index is 0.0630. The molecule has 3 heterocycles. The van der Waals surface area contributed by atoms with Gasteiger partial charge in [0.1, 0.15) is 12.4 Å². The van der Waals surface area contributed by atoms with Gasteiger partial charge < -0.3 is 19.5 Å². The van der Waals surface area contributed by atoms with Gasteiger partial charge in [-0.3, -0.25) is 0 Å². The van der Waals surface area contributed by atoms with Gasteiger partial charge in [0.25, 0.3) is 0 Å². The lowest BCUT2D eigenvalue weighted by Gasteiger charge is -2.32. The molecule has 0 unspecified atom stereocenters. The van der Waals surface area contributed by atoms with Gasteiger partial charge in [0.15, 0.2) is 5.82 Å². The van der Waals surface area contributed by atoms with E-state index in [0.29, 0.717) is 26.2 Å². The van der Waals surface area contributed by atoms with Crippen LogP contribution in [0.4, 0.5) is 4.79 Å². The quantitative estimate of drug-likeness (QED) is 0.923. The first kappa shape index (κ1) is 15.9. The van der Waals surface area contributed by atoms with Crippen LogP contribution < -0.4 is 5.32 Å². The van der Waals surface area contributed by atoms with E-state index < -0.39 is 0 Å². The van der Waals surface area contributed by atoms with E-state index in [9.17, 15) is 4.79 Å². The van der Waals surface area contributed by atoms with E-state index in [1.54, 1.807) is 22.6 Å². The van der Waals surface area contributed by atoms with Crippen molar-refractivity contribution in [3.63, 3.8) is 0 Å². The standard InChI is InChI=1S/C15H21N5O2S/c1-3-11-4-5-12(23-11)8-16-15(21)20-6-7-22-13(9-20)14-18-17-10-19(14)2/h4-5,10,13H,3,6-9H2,1-2H3,(H,16,21)/t13-/m1/s1. The Morgan fingerprint density at radius 3 is 3.00 bits per heavy atom. The van der Waals surface area contributed by atoms with Crippen molar-refractivity contribution < 1.29 is 9.53 Å². The summed E-state index contributed by atoms with van der Waals surface area (Å²) in [5, 5.41) is 10.9. The average Bonchev–Trinajstić information content (AvgIpc) is 3.21. The number of ether oxygens (including phenoxy) is 1. The summed E-state index contributed by atoms with van der Waals surface area (Å²) in [6.07, 6.45) is 2.44. The van der Waals surface area contributed by atoms with Crippen LogP contribution in [0.1, 0.15) is 28.6 Å². The van der Waals surface area contributed by atoms with Crippen LogP contribution in [0, 0.1) is 0 Å². The zero-order valence-corrected chi connectivity index (χ0v) is 14.2. The van der Waals surface area contributed by atoms with Gasteiger partial charge in [0.2, 0.25) is 0 Å². The number of aryl methyl sites for hydroxylation is 2. The Hall–Kier alpha value is -1.93. The highest BCUT2D eigenvalue weighted by Gasteiger charge is 2.28. The van der Waals surface area contributed by atoms with Crippen molar-refractivity contribution in [1.82, 2.24) is 25.0 Å². The number of nitrogens with zero attached hydrogens (tertiary/aromatic N) is 4. The molecule has 1 N–H and O–H groups in total. The highest BCUT2D eigenvalue weighted by Crippen LogP contribution is 2.20. The Morgan fingerprint density at radius 1 is 1.48 bits per heavy atom. The van der Waals surface area contributed by atoms with Gasteiger partial charge in [0, 0.05) is 23.3 Å². The zero-order valence-electron chi connectivity index (χ0n) is 13.4. The van der Waals surface area contributed by atoms with Crippen LogP contribution in [0.2, 0.25) is 0 Å². The van der Waals surface area contributed by atoms with Crippen molar-refractivity contribution >= 4 is 17.4 Å². The molecule has 124 valence electrons. The normalized spacial score (nSPS) is 18.2. The summed E-state index contributed by atoms with van der Waals surface area (Å²) >= 11 is 1.74.